The van der Waals surface area contributed by atoms with Gasteiger partial charge in [0, 0.05) is 32.2 Å². The van der Waals surface area contributed by atoms with E-state index in [0.29, 0.717) is 31.5 Å². The Bertz CT molecular complexity index is 842. The van der Waals surface area contributed by atoms with Crippen molar-refractivity contribution in [2.45, 2.75) is 39.0 Å². The summed E-state index contributed by atoms with van der Waals surface area (Å²) in [5.74, 6) is 0.780. The van der Waals surface area contributed by atoms with Crippen LogP contribution in [0.5, 0.6) is 5.75 Å². The minimum absolute atomic E-state index is 0.171. The van der Waals surface area contributed by atoms with E-state index in [4.69, 9.17) is 9.47 Å². The molecule has 0 bridgehead atoms. The molecule has 2 N–H and O–H groups in total. The van der Waals surface area contributed by atoms with Crippen molar-refractivity contribution in [1.82, 2.24) is 25.4 Å². The van der Waals surface area contributed by atoms with Gasteiger partial charge in [-0.15, -0.1) is 0 Å². The zero-order chi connectivity index (χ0) is 20.6. The van der Waals surface area contributed by atoms with Crippen LogP contribution in [0.2, 0.25) is 0 Å². The molecule has 0 spiro atoms. The minimum atomic E-state index is -0.931. The van der Waals surface area contributed by atoms with E-state index in [1.165, 1.54) is 6.07 Å². The molecule has 29 heavy (non-hydrogen) atoms. The average molecular weight is 408 g/mol. The van der Waals surface area contributed by atoms with Crippen LogP contribution in [0.4, 0.5) is 8.78 Å². The summed E-state index contributed by atoms with van der Waals surface area (Å²) >= 11 is 0. The van der Waals surface area contributed by atoms with Gasteiger partial charge in [0.1, 0.15) is 24.8 Å². The molecule has 1 aliphatic rings. The fraction of sp³-hybridized carbons (Fsp3) is 0.526. The summed E-state index contributed by atoms with van der Waals surface area (Å²) in [6, 6.07) is 3.63. The number of fused-ring (bicyclic) bond motifs is 1. The summed E-state index contributed by atoms with van der Waals surface area (Å²) in [6.07, 6.45) is 1.74. The van der Waals surface area contributed by atoms with E-state index in [1.807, 2.05) is 11.6 Å². The maximum atomic E-state index is 13.2. The van der Waals surface area contributed by atoms with Crippen molar-refractivity contribution in [3.05, 3.63) is 41.5 Å². The van der Waals surface area contributed by atoms with Gasteiger partial charge in [0.25, 0.3) is 0 Å². The van der Waals surface area contributed by atoms with E-state index in [2.05, 4.69) is 25.7 Å². The molecule has 0 saturated heterocycles. The number of ether oxygens (including phenoxy) is 2. The number of nitrogens with one attached hydrogen (secondary N) is 2. The third-order valence-electron chi connectivity index (χ3n) is 4.38. The predicted molar refractivity (Wildman–Crippen MR) is 104 cm³/mol. The topological polar surface area (TPSA) is 85.6 Å². The van der Waals surface area contributed by atoms with Crippen LogP contribution in [-0.2, 0) is 24.3 Å². The van der Waals surface area contributed by atoms with Gasteiger partial charge < -0.3 is 20.1 Å². The van der Waals surface area contributed by atoms with Crippen LogP contribution in [0.1, 0.15) is 25.0 Å². The Morgan fingerprint density at radius 1 is 1.34 bits per heavy atom. The monoisotopic (exact) mass is 408 g/mol. The third kappa shape index (κ3) is 5.86. The average Bonchev–Trinajstić information content (AvgIpc) is 3.10. The molecule has 158 valence electrons. The van der Waals surface area contributed by atoms with Gasteiger partial charge in [-0.2, -0.15) is 5.10 Å². The Morgan fingerprint density at radius 2 is 2.21 bits per heavy atom. The first-order chi connectivity index (χ1) is 14.1. The summed E-state index contributed by atoms with van der Waals surface area (Å²) in [5, 5.41) is 11.1. The van der Waals surface area contributed by atoms with Crippen LogP contribution in [0.25, 0.3) is 0 Å². The van der Waals surface area contributed by atoms with E-state index >= 15 is 0 Å². The van der Waals surface area contributed by atoms with Crippen molar-refractivity contribution in [3.63, 3.8) is 0 Å². The van der Waals surface area contributed by atoms with Gasteiger partial charge in [0.05, 0.1) is 13.1 Å². The number of methoxy groups -OCH3 is 1. The highest BCUT2D eigenvalue weighted by atomic mass is 19.2. The quantitative estimate of drug-likeness (QED) is 0.393. The molecule has 1 aromatic carbocycles. The number of aryl methyl sites for hydroxylation is 1. The number of rotatable bonds is 8. The number of hydrogen-bond acceptors (Lipinski definition) is 5. The SMILES string of the molecule is CCNC(=NCCOc1ccc(F)c(F)c1)NC1CCc2nc(COC)nn2C1. The molecular formula is C19H26F2N6O2. The van der Waals surface area contributed by atoms with Crippen LogP contribution in [-0.4, -0.2) is 53.6 Å². The largest absolute Gasteiger partial charge is 0.492 e. The van der Waals surface area contributed by atoms with Crippen molar-refractivity contribution in [1.29, 1.82) is 0 Å². The van der Waals surface area contributed by atoms with Crippen LogP contribution in [0, 0.1) is 11.6 Å². The highest BCUT2D eigenvalue weighted by molar-refractivity contribution is 5.80. The molecule has 1 unspecified atom stereocenters. The van der Waals surface area contributed by atoms with Crippen molar-refractivity contribution in [2.75, 3.05) is 26.8 Å². The van der Waals surface area contributed by atoms with Crippen LogP contribution in [0.15, 0.2) is 23.2 Å². The van der Waals surface area contributed by atoms with E-state index < -0.39 is 11.6 Å². The molecule has 10 heteroatoms. The summed E-state index contributed by atoms with van der Waals surface area (Å²) in [5.41, 5.74) is 0. The summed E-state index contributed by atoms with van der Waals surface area (Å²) < 4.78 is 38.6. The Labute approximate surface area is 168 Å². The molecule has 3 rings (SSSR count). The number of aliphatic imine (C=N–C) groups is 1. The zero-order valence-electron chi connectivity index (χ0n) is 16.6. The molecule has 2 heterocycles. The molecule has 1 atom stereocenters. The van der Waals surface area contributed by atoms with Gasteiger partial charge in [-0.1, -0.05) is 0 Å². The fourth-order valence-electron chi connectivity index (χ4n) is 3.07. The zero-order valence-corrected chi connectivity index (χ0v) is 16.6. The molecule has 2 aromatic rings. The van der Waals surface area contributed by atoms with Crippen LogP contribution < -0.4 is 15.4 Å². The lowest BCUT2D eigenvalue weighted by Crippen LogP contribution is -2.47. The van der Waals surface area contributed by atoms with Gasteiger partial charge in [-0.3, -0.25) is 0 Å². The van der Waals surface area contributed by atoms with Gasteiger partial charge in [-0.25, -0.2) is 23.4 Å². The summed E-state index contributed by atoms with van der Waals surface area (Å²) in [7, 11) is 1.62. The van der Waals surface area contributed by atoms with E-state index in [9.17, 15) is 8.78 Å². The van der Waals surface area contributed by atoms with Gasteiger partial charge >= 0.3 is 0 Å². The first kappa shape index (κ1) is 21.0. The third-order valence-corrected chi connectivity index (χ3v) is 4.38. The van der Waals surface area contributed by atoms with E-state index in [0.717, 1.165) is 37.3 Å². The van der Waals surface area contributed by atoms with E-state index in [-0.39, 0.29) is 18.4 Å². The van der Waals surface area contributed by atoms with Crippen molar-refractivity contribution in [2.24, 2.45) is 4.99 Å². The van der Waals surface area contributed by atoms with Crippen molar-refractivity contribution >= 4 is 5.96 Å². The molecule has 0 aliphatic carbocycles. The first-order valence-electron chi connectivity index (χ1n) is 9.63. The number of halogens is 2. The summed E-state index contributed by atoms with van der Waals surface area (Å²) in [4.78, 5) is 8.97. The predicted octanol–water partition coefficient (Wildman–Crippen LogP) is 1.65. The highest BCUT2D eigenvalue weighted by Crippen LogP contribution is 2.15. The lowest BCUT2D eigenvalue weighted by molar-refractivity contribution is 0.177. The second-order valence-electron chi connectivity index (χ2n) is 6.62. The number of aromatic nitrogens is 3. The smallest absolute Gasteiger partial charge is 0.191 e. The van der Waals surface area contributed by atoms with Gasteiger partial charge in [-0.05, 0) is 25.5 Å². The second kappa shape index (κ2) is 10.1. The molecule has 0 saturated carbocycles. The number of hydrogen-bond donors (Lipinski definition) is 2. The van der Waals surface area contributed by atoms with Crippen molar-refractivity contribution < 1.29 is 18.3 Å². The Balaban J connectivity index is 1.51. The van der Waals surface area contributed by atoms with Crippen LogP contribution in [0.3, 0.4) is 0 Å². The molecule has 0 fully saturated rings. The molecule has 8 nitrogen and oxygen atoms in total. The van der Waals surface area contributed by atoms with Crippen LogP contribution >= 0.6 is 0 Å². The van der Waals surface area contributed by atoms with Gasteiger partial charge in [0.15, 0.2) is 23.4 Å². The van der Waals surface area contributed by atoms with Gasteiger partial charge in [0.2, 0.25) is 0 Å². The standard InChI is InChI=1S/C19H26F2N6O2/c1-3-22-19(23-8-9-29-14-5-6-15(20)16(21)10-14)24-13-4-7-18-25-17(12-28-2)26-27(18)11-13/h5-6,10,13H,3-4,7-9,11-12H2,1-2H3,(H2,22,23,24). The number of guanidine groups is 1. The molecule has 0 radical (unpaired) electrons. The Morgan fingerprint density at radius 3 is 2.97 bits per heavy atom. The molecular weight excluding hydrogens is 382 g/mol. The maximum absolute atomic E-state index is 13.2. The minimum Gasteiger partial charge on any atom is -0.492 e. The lowest BCUT2D eigenvalue weighted by atomic mass is 10.1. The normalized spacial score (nSPS) is 16.4. The fourth-order valence-corrected chi connectivity index (χ4v) is 3.07. The summed E-state index contributed by atoms with van der Waals surface area (Å²) in [6.45, 7) is 4.42. The Kier molecular flexibility index (Phi) is 7.34. The van der Waals surface area contributed by atoms with E-state index in [1.54, 1.807) is 7.11 Å². The molecule has 1 aliphatic heterocycles. The highest BCUT2D eigenvalue weighted by Gasteiger charge is 2.22. The number of nitrogens with zero attached hydrogens (tertiary/aromatic N) is 4. The second-order valence-corrected chi connectivity index (χ2v) is 6.62. The maximum Gasteiger partial charge on any atom is 0.191 e. The molecule has 1 aromatic heterocycles. The molecule has 0 amide bonds. The number of benzene rings is 1. The first-order valence-corrected chi connectivity index (χ1v) is 9.63. The Hall–Kier alpha value is -2.75. The van der Waals surface area contributed by atoms with Crippen molar-refractivity contribution in [3.8, 4) is 5.75 Å². The lowest BCUT2D eigenvalue weighted by Gasteiger charge is -2.25.